The Morgan fingerprint density at radius 2 is 0.771 bits per heavy atom. The first kappa shape index (κ1) is 80.2. The Balaban J connectivity index is 5.06. The van der Waals surface area contributed by atoms with Gasteiger partial charge in [-0.3, -0.25) is 18.6 Å². The molecule has 0 rings (SSSR count). The molecule has 9 nitrogen and oxygen atoms in total. The third kappa shape index (κ3) is 63.5. The van der Waals surface area contributed by atoms with Crippen LogP contribution in [0.15, 0.2) is 85.1 Å². The maximum Gasteiger partial charge on any atom is 0.472 e. The molecule has 0 heterocycles. The Labute approximate surface area is 514 Å². The summed E-state index contributed by atoms with van der Waals surface area (Å²) < 4.78 is 30.8. The van der Waals surface area contributed by atoms with E-state index >= 15 is 0 Å². The molecule has 0 bridgehead atoms. The molecule has 0 aromatic carbocycles. The molecule has 0 saturated heterocycles. The van der Waals surface area contributed by atoms with Crippen LogP contribution >= 0.6 is 7.82 Å². The number of ether oxygens (including phenoxy) is 1. The molecule has 0 aromatic rings. The van der Waals surface area contributed by atoms with Crippen molar-refractivity contribution in [2.24, 2.45) is 0 Å². The maximum absolute atomic E-state index is 13.6. The third-order valence-electron chi connectivity index (χ3n) is 15.3. The molecule has 0 aliphatic heterocycles. The van der Waals surface area contributed by atoms with Gasteiger partial charge in [0.05, 0.1) is 33.8 Å². The van der Waals surface area contributed by atoms with E-state index in [1.807, 2.05) is 33.3 Å². The predicted octanol–water partition coefficient (Wildman–Crippen LogP) is 22.1. The summed E-state index contributed by atoms with van der Waals surface area (Å²) in [6.07, 6.45) is 83.1. The number of carbonyl (C=O) groups is 2. The van der Waals surface area contributed by atoms with Crippen LogP contribution in [0.1, 0.15) is 316 Å². The monoisotopic (exact) mass is 1180 g/mol. The lowest BCUT2D eigenvalue weighted by atomic mass is 10.0. The summed E-state index contributed by atoms with van der Waals surface area (Å²) >= 11 is 0. The van der Waals surface area contributed by atoms with E-state index in [-0.39, 0.29) is 31.5 Å². The largest absolute Gasteiger partial charge is 0.472 e. The number of esters is 1. The van der Waals surface area contributed by atoms with Crippen LogP contribution in [0.4, 0.5) is 0 Å². The van der Waals surface area contributed by atoms with Crippen molar-refractivity contribution in [1.29, 1.82) is 0 Å². The molecule has 0 aliphatic carbocycles. The highest BCUT2D eigenvalue weighted by molar-refractivity contribution is 7.47. The fraction of sp³-hybridized carbons (Fsp3) is 0.781. The molecule has 3 unspecified atom stereocenters. The van der Waals surface area contributed by atoms with Crippen LogP contribution in [0.2, 0.25) is 0 Å². The fourth-order valence-corrected chi connectivity index (χ4v) is 10.7. The van der Waals surface area contributed by atoms with Crippen molar-refractivity contribution in [2.45, 2.75) is 328 Å². The summed E-state index contributed by atoms with van der Waals surface area (Å²) in [5.41, 5.74) is 0. The number of carbonyl (C=O) groups excluding carboxylic acids is 2. The molecule has 0 aliphatic rings. The molecule has 0 radical (unpaired) electrons. The zero-order valence-electron chi connectivity index (χ0n) is 55.2. The molecule has 83 heavy (non-hydrogen) atoms. The number of hydrogen-bond donors (Lipinski definition) is 2. The zero-order valence-corrected chi connectivity index (χ0v) is 56.1. The van der Waals surface area contributed by atoms with Gasteiger partial charge >= 0.3 is 13.8 Å². The number of likely N-dealkylation sites (N-methyl/N-ethyl adjacent to an activating group) is 1. The normalized spacial score (nSPS) is 14.1. The van der Waals surface area contributed by atoms with Crippen molar-refractivity contribution in [3.8, 4) is 0 Å². The second-order valence-electron chi connectivity index (χ2n) is 24.7. The van der Waals surface area contributed by atoms with Gasteiger partial charge in [0.1, 0.15) is 19.3 Å². The van der Waals surface area contributed by atoms with Gasteiger partial charge in [-0.25, -0.2) is 4.57 Å². The minimum Gasteiger partial charge on any atom is -0.456 e. The van der Waals surface area contributed by atoms with E-state index in [1.165, 1.54) is 173 Å². The number of nitrogens with one attached hydrogen (secondary N) is 1. The lowest BCUT2D eigenvalue weighted by molar-refractivity contribution is -0.870. The molecular weight excluding hydrogens is 1050 g/mol. The number of amides is 1. The number of hydrogen-bond acceptors (Lipinski definition) is 6. The highest BCUT2D eigenvalue weighted by Crippen LogP contribution is 2.43. The molecule has 1 amide bonds. The summed E-state index contributed by atoms with van der Waals surface area (Å²) in [6.45, 7) is 6.90. The van der Waals surface area contributed by atoms with Crippen LogP contribution in [-0.2, 0) is 27.9 Å². The van der Waals surface area contributed by atoms with Gasteiger partial charge in [0.25, 0.3) is 0 Å². The van der Waals surface area contributed by atoms with E-state index in [2.05, 4.69) is 99.0 Å². The Morgan fingerprint density at radius 1 is 0.434 bits per heavy atom. The van der Waals surface area contributed by atoms with Gasteiger partial charge in [-0.2, -0.15) is 0 Å². The molecule has 2 N–H and O–H groups in total. The van der Waals surface area contributed by atoms with Crippen LogP contribution in [0.5, 0.6) is 0 Å². The summed E-state index contributed by atoms with van der Waals surface area (Å²) in [6, 6.07) is -0.860. The molecule has 10 heteroatoms. The molecule has 3 atom stereocenters. The number of allylic oxidation sites excluding steroid dienone is 13. The van der Waals surface area contributed by atoms with Crippen molar-refractivity contribution in [1.82, 2.24) is 5.32 Å². The van der Waals surface area contributed by atoms with Crippen molar-refractivity contribution in [3.05, 3.63) is 85.1 Å². The van der Waals surface area contributed by atoms with Crippen LogP contribution in [0, 0.1) is 0 Å². The van der Waals surface area contributed by atoms with Gasteiger partial charge < -0.3 is 19.4 Å². The van der Waals surface area contributed by atoms with Crippen molar-refractivity contribution in [3.63, 3.8) is 0 Å². The molecule has 482 valence electrons. The van der Waals surface area contributed by atoms with E-state index in [9.17, 15) is 19.0 Å². The SMILES string of the molecule is CC/C=C\C/C=C\C/C=C\C/C=C\C/C=C\CCCCCCCC(=O)OC(/C=C\CCCCCCCCCCC)C(COP(=O)(O)OCC[N+](C)(C)C)NC(=O)CCCCCCCCCCCCCCCCC/C=C/CCCCCCCC. The number of unbranched alkanes of at least 4 members (excludes halogenated alkanes) is 35. The average Bonchev–Trinajstić information content (AvgIpc) is 3.51. The predicted molar refractivity (Wildman–Crippen MR) is 360 cm³/mol. The summed E-state index contributed by atoms with van der Waals surface area (Å²) in [7, 11) is 1.48. The van der Waals surface area contributed by atoms with Gasteiger partial charge in [-0.15, -0.1) is 0 Å². The first-order valence-corrected chi connectivity index (χ1v) is 36.4. The first-order chi connectivity index (χ1) is 40.4. The molecule has 0 fully saturated rings. The molecule has 0 aromatic heterocycles. The topological polar surface area (TPSA) is 111 Å². The second-order valence-corrected chi connectivity index (χ2v) is 26.1. The fourth-order valence-electron chi connectivity index (χ4n) is 9.96. The smallest absolute Gasteiger partial charge is 0.456 e. The summed E-state index contributed by atoms with van der Waals surface area (Å²) in [5, 5.41) is 3.06. The van der Waals surface area contributed by atoms with E-state index in [0.717, 1.165) is 103 Å². The number of phosphoric ester groups is 1. The van der Waals surface area contributed by atoms with Gasteiger partial charge in [0, 0.05) is 12.8 Å². The third-order valence-corrected chi connectivity index (χ3v) is 16.3. The minimum atomic E-state index is -4.46. The van der Waals surface area contributed by atoms with Crippen LogP contribution in [-0.4, -0.2) is 74.3 Å². The number of nitrogens with zero attached hydrogens (tertiary/aromatic N) is 1. The zero-order chi connectivity index (χ0) is 60.7. The highest BCUT2D eigenvalue weighted by Gasteiger charge is 2.30. The number of quaternary nitrogens is 1. The van der Waals surface area contributed by atoms with Gasteiger partial charge in [-0.05, 0) is 102 Å². The molecule has 0 spiro atoms. The minimum absolute atomic E-state index is 0.0346. The maximum atomic E-state index is 13.6. The van der Waals surface area contributed by atoms with E-state index in [1.54, 1.807) is 0 Å². The molecular formula is C73H134N2O7P+. The van der Waals surface area contributed by atoms with Crippen molar-refractivity contribution < 1.29 is 37.3 Å². The number of rotatable bonds is 63. The van der Waals surface area contributed by atoms with E-state index < -0.39 is 20.0 Å². The summed E-state index contributed by atoms with van der Waals surface area (Å²) in [5.74, 6) is -0.521. The van der Waals surface area contributed by atoms with E-state index in [4.69, 9.17) is 13.8 Å². The van der Waals surface area contributed by atoms with Gasteiger partial charge in [-0.1, -0.05) is 286 Å². The second kappa shape index (κ2) is 62.2. The Bertz CT molecular complexity index is 1700. The Morgan fingerprint density at radius 3 is 1.17 bits per heavy atom. The van der Waals surface area contributed by atoms with Crippen LogP contribution < -0.4 is 5.32 Å². The lowest BCUT2D eigenvalue weighted by Crippen LogP contribution is -2.47. The highest BCUT2D eigenvalue weighted by atomic mass is 31.2. The average molecular weight is 1180 g/mol. The van der Waals surface area contributed by atoms with Gasteiger partial charge in [0.2, 0.25) is 5.91 Å². The number of phosphoric acid groups is 1. The lowest BCUT2D eigenvalue weighted by Gasteiger charge is -2.27. The first-order valence-electron chi connectivity index (χ1n) is 34.9. The Kier molecular flexibility index (Phi) is 60.1. The standard InChI is InChI=1S/C73H133N2O7P/c1-7-10-13-16-19-22-25-27-29-31-33-35-36-37-38-40-41-43-45-47-50-53-56-59-62-65-72(76)74-70(69-81-83(78,79)80-68-67-75(4,5)6)71(64-61-58-55-52-49-24-21-18-15-12-9-3)82-73(77)66-63-60-57-54-51-48-46-44-42-39-34-32-30-28-26-23-20-17-14-11-8-2/h11,14,20,23,27-30,34,39,44,46,61,64,70-71H,7-10,12-13,15-19,21-22,24-26,31-33,35-38,40-43,45,47-60,62-63,65-69H2,1-6H3,(H-,74,76,78,79)/p+1/b14-11-,23-20-,29-27+,30-28-,39-34-,46-44-,64-61-. The van der Waals surface area contributed by atoms with Crippen molar-refractivity contribution in [2.75, 3.05) is 40.9 Å². The molecule has 0 saturated carbocycles. The van der Waals surface area contributed by atoms with Crippen LogP contribution in [0.3, 0.4) is 0 Å². The van der Waals surface area contributed by atoms with Gasteiger partial charge in [0.15, 0.2) is 0 Å². The van der Waals surface area contributed by atoms with Crippen molar-refractivity contribution >= 4 is 19.7 Å². The van der Waals surface area contributed by atoms with Crippen LogP contribution in [0.25, 0.3) is 0 Å². The Hall–Kier alpha value is -2.81. The van der Waals surface area contributed by atoms with E-state index in [0.29, 0.717) is 23.9 Å². The summed E-state index contributed by atoms with van der Waals surface area (Å²) in [4.78, 5) is 37.8. The quantitative estimate of drug-likeness (QED) is 0.0205.